The first-order valence-corrected chi connectivity index (χ1v) is 19.2. The largest absolute Gasteiger partial charge is 2.00 e. The Labute approximate surface area is 374 Å². The zero-order valence-corrected chi connectivity index (χ0v) is 35.4. The van der Waals surface area contributed by atoms with E-state index in [0.29, 0.717) is 24.4 Å². The van der Waals surface area contributed by atoms with Gasteiger partial charge in [0.05, 0.1) is 49.9 Å². The Morgan fingerprint density at radius 2 is 0.983 bits per heavy atom. The van der Waals surface area contributed by atoms with Crippen LogP contribution in [0.3, 0.4) is 0 Å². The van der Waals surface area contributed by atoms with Crippen LogP contribution in [-0.4, -0.2) is 91.7 Å². The van der Waals surface area contributed by atoms with Gasteiger partial charge in [0.2, 0.25) is 0 Å². The topological polar surface area (TPSA) is 132 Å². The minimum absolute atomic E-state index is 0. The van der Waals surface area contributed by atoms with Gasteiger partial charge in [-0.15, -0.1) is 0 Å². The van der Waals surface area contributed by atoms with Gasteiger partial charge in [0.15, 0.2) is 0 Å². The van der Waals surface area contributed by atoms with Crippen molar-refractivity contribution >= 4 is 11.9 Å². The van der Waals surface area contributed by atoms with E-state index in [9.17, 15) is 19.8 Å². The second-order valence-corrected chi connectivity index (χ2v) is 13.2. The molecule has 0 bridgehead atoms. The molecule has 308 valence electrons. The Hall–Kier alpha value is -2.50. The van der Waals surface area contributed by atoms with Crippen molar-refractivity contribution in [3.8, 4) is 0 Å². The number of ether oxygens (including phenoxy) is 2. The van der Waals surface area contributed by atoms with Gasteiger partial charge in [0, 0.05) is 31.5 Å². The van der Waals surface area contributed by atoms with Crippen molar-refractivity contribution in [3.63, 3.8) is 0 Å². The number of carbonyl (C=O) groups excluding carboxylic acids is 2. The van der Waals surface area contributed by atoms with E-state index < -0.39 is 24.1 Å². The zero-order valence-electron chi connectivity index (χ0n) is 33.2. The van der Waals surface area contributed by atoms with E-state index in [2.05, 4.69) is 10.2 Å². The molecule has 4 fully saturated rings. The maximum atomic E-state index is 12.8. The summed E-state index contributed by atoms with van der Waals surface area (Å²) in [6.07, 6.45) is 34.0. The monoisotopic (exact) mass is 881 g/mol. The van der Waals surface area contributed by atoms with Crippen molar-refractivity contribution in [2.75, 3.05) is 32.8 Å². The third-order valence-electron chi connectivity index (χ3n) is 8.82. The summed E-state index contributed by atoms with van der Waals surface area (Å²) in [7, 11) is 0. The van der Waals surface area contributed by atoms with Crippen molar-refractivity contribution in [1.29, 1.82) is 0 Å². The van der Waals surface area contributed by atoms with E-state index in [1.807, 2.05) is 151 Å². The van der Waals surface area contributed by atoms with Gasteiger partial charge in [-0.3, -0.25) is 14.3 Å². The fraction of sp³-hybridized carbons (Fsp3) is 0.261. The quantitative estimate of drug-likeness (QED) is 0.143. The molecule has 2 aromatic heterocycles. The van der Waals surface area contributed by atoms with Crippen LogP contribution >= 0.6 is 0 Å². The van der Waals surface area contributed by atoms with Crippen molar-refractivity contribution in [2.24, 2.45) is 0 Å². The minimum Gasteiger partial charge on any atom is -0.461 e. The fourth-order valence-electron chi connectivity index (χ4n) is 6.16. The fourth-order valence-corrected chi connectivity index (χ4v) is 6.16. The summed E-state index contributed by atoms with van der Waals surface area (Å²) in [6, 6.07) is 13.3. The van der Waals surface area contributed by atoms with Crippen molar-refractivity contribution in [1.82, 2.24) is 24.5 Å². The van der Waals surface area contributed by atoms with Gasteiger partial charge in [0.25, 0.3) is 0 Å². The van der Waals surface area contributed by atoms with Crippen LogP contribution in [-0.2, 0) is 63.1 Å². The molecule has 0 aliphatic heterocycles. The molecule has 7 rings (SSSR count). The van der Waals surface area contributed by atoms with Crippen LogP contribution in [0.15, 0.2) is 42.5 Å². The Kier molecular flexibility index (Phi) is 24.3. The van der Waals surface area contributed by atoms with E-state index in [0.717, 1.165) is 17.4 Å². The van der Waals surface area contributed by atoms with E-state index in [-0.39, 0.29) is 84.9 Å². The molecule has 0 unspecified atom stereocenters. The average molecular weight is 882 g/mol. The average Bonchev–Trinajstić information content (AvgIpc) is 4.05. The molecule has 2 atom stereocenters. The van der Waals surface area contributed by atoms with Gasteiger partial charge in [-0.2, -0.15) is 10.2 Å². The predicted molar refractivity (Wildman–Crippen MR) is 217 cm³/mol. The molecule has 20 radical (unpaired) electrons. The van der Waals surface area contributed by atoms with Crippen LogP contribution in [0.4, 0.5) is 0 Å². The second-order valence-electron chi connectivity index (χ2n) is 13.2. The smallest absolute Gasteiger partial charge is 0.461 e. The predicted octanol–water partition coefficient (Wildman–Crippen LogP) is 4.94. The normalized spacial score (nSPS) is 17.6. The van der Waals surface area contributed by atoms with E-state index >= 15 is 0 Å². The van der Waals surface area contributed by atoms with Crippen LogP contribution in [0.2, 0.25) is 0 Å². The van der Waals surface area contributed by atoms with Crippen LogP contribution in [0.5, 0.6) is 0 Å². The van der Waals surface area contributed by atoms with Gasteiger partial charge in [0.1, 0.15) is 11.4 Å². The van der Waals surface area contributed by atoms with Crippen LogP contribution in [0.25, 0.3) is 0 Å². The van der Waals surface area contributed by atoms with Gasteiger partial charge in [-0.05, 0) is 154 Å². The van der Waals surface area contributed by atoms with Gasteiger partial charge in [-0.25, -0.2) is 9.59 Å². The maximum Gasteiger partial charge on any atom is 2.00 e. The van der Waals surface area contributed by atoms with E-state index in [1.54, 1.807) is 26.0 Å². The molecule has 1 aromatic carbocycles. The Balaban J connectivity index is 0.000000676. The molecule has 59 heavy (non-hydrogen) atoms. The third-order valence-corrected chi connectivity index (χ3v) is 8.82. The molecule has 4 aliphatic carbocycles. The maximum absolute atomic E-state index is 12.8. The van der Waals surface area contributed by atoms with Gasteiger partial charge >= 0.3 is 46.1 Å². The Bertz CT molecular complexity index is 1490. The first-order chi connectivity index (χ1) is 27.8. The number of nitrogens with zero attached hydrogens (tertiary/aromatic N) is 5. The molecule has 0 saturated heterocycles. The summed E-state index contributed by atoms with van der Waals surface area (Å²) < 4.78 is 13.5. The molecule has 13 heteroatoms. The van der Waals surface area contributed by atoms with Crippen molar-refractivity contribution in [3.05, 3.63) is 198 Å². The van der Waals surface area contributed by atoms with E-state index in [4.69, 9.17) is 9.47 Å². The molecule has 4 aliphatic rings. The number of aliphatic hydroxyl groups is 2. The first-order valence-electron chi connectivity index (χ1n) is 19.2. The number of hydrogen-bond donors (Lipinski definition) is 2. The molecule has 4 saturated carbocycles. The van der Waals surface area contributed by atoms with Crippen LogP contribution in [0.1, 0.15) is 51.8 Å². The van der Waals surface area contributed by atoms with Crippen LogP contribution < -0.4 is 0 Å². The number of aromatic nitrogens is 4. The Morgan fingerprint density at radius 1 is 0.610 bits per heavy atom. The summed E-state index contributed by atoms with van der Waals surface area (Å²) in [5.41, 5.74) is 2.85. The number of esters is 2. The summed E-state index contributed by atoms with van der Waals surface area (Å²) in [6.45, 7) is 4.93. The number of hydrogen-bond acceptors (Lipinski definition) is 9. The minimum atomic E-state index is -0.928. The molecular formula is C46H51Fe2N5O6+4. The first kappa shape index (κ1) is 50.9. The number of benzene rings is 1. The summed E-state index contributed by atoms with van der Waals surface area (Å²) in [4.78, 5) is 27.5. The van der Waals surface area contributed by atoms with Gasteiger partial charge < -0.3 is 19.7 Å². The molecule has 2 N–H and O–H groups in total. The molecule has 2 heterocycles. The summed E-state index contributed by atoms with van der Waals surface area (Å²) >= 11 is 0. The van der Waals surface area contributed by atoms with Crippen LogP contribution in [0, 0.1) is 127 Å². The van der Waals surface area contributed by atoms with Gasteiger partial charge in [-0.1, -0.05) is 30.3 Å². The molecule has 0 amide bonds. The zero-order chi connectivity index (χ0) is 40.2. The van der Waals surface area contributed by atoms with E-state index in [1.165, 1.54) is 9.36 Å². The summed E-state index contributed by atoms with van der Waals surface area (Å²) in [5.74, 6) is 0.690. The standard InChI is InChI=1S/C36H41N5O6.2C5H5.2Fe/c1-3-46-35(44)33-20-31(27-14-8-9-15-27)37-40(33)24-29(42)22-39(19-18-26-12-6-5-7-13-26)23-30(43)25-41-34(36(45)47-4-2)21-32(38-41)28-16-10-11-17-28;2*1-2-4-5-3-1;;/h5-17,20-21,29-30,42-43H,3-4,18-19,22-25H2,1-2H3;2*1-5H;;/q;;;2*+2/t29-,30-;;;;/m1..../s1. The van der Waals surface area contributed by atoms with Crippen molar-refractivity contribution in [2.45, 2.75) is 45.6 Å². The second kappa shape index (κ2) is 28.2. The van der Waals surface area contributed by atoms with Crippen molar-refractivity contribution < 1.29 is 63.4 Å². The SMILES string of the molecule is CCOC(=O)c1cc([C]2[CH][CH][CH][CH]2)nn1C[C@H](O)CN(CCc1ccccc1)C[C@@H](O)Cn1nc([C]2[CH][CH][CH][CH]2)cc1C(=O)OCC.[CH]1[CH][CH][CH][CH]1.[CH]1[CH][CH][CH][CH]1.[Fe+2].[Fe+2]. The molecule has 0 spiro atoms. The molecule has 3 aromatic rings. The molecular weight excluding hydrogens is 830 g/mol. The third kappa shape index (κ3) is 17.1. The molecule has 11 nitrogen and oxygen atoms in total. The number of carbonyl (C=O) groups is 2. The summed E-state index contributed by atoms with van der Waals surface area (Å²) in [5, 5.41) is 31.9. The Morgan fingerprint density at radius 3 is 1.34 bits per heavy atom. The number of aliphatic hydroxyl groups excluding tert-OH is 2. The number of rotatable bonds is 17.